The minimum atomic E-state index is -3.80. The maximum absolute atomic E-state index is 10.4. The molecule has 0 aromatic carbocycles. The molecule has 0 saturated heterocycles. The van der Waals surface area contributed by atoms with Gasteiger partial charge in [-0.3, -0.25) is 4.57 Å². The van der Waals surface area contributed by atoms with Crippen LogP contribution in [0.3, 0.4) is 0 Å². The molecule has 74 valence electrons. The average molecular weight is 195 g/mol. The minimum Gasteiger partial charge on any atom is -0.324 e. The molecular weight excluding hydrogens is 177 g/mol. The molecule has 3 N–H and O–H groups in total. The van der Waals surface area contributed by atoms with Gasteiger partial charge >= 0.3 is 7.60 Å². The van der Waals surface area contributed by atoms with E-state index in [1.54, 1.807) is 0 Å². The highest BCUT2D eigenvalue weighted by Gasteiger charge is 2.11. The lowest BCUT2D eigenvalue weighted by atomic mass is 10.2. The Balaban J connectivity index is 3.37. The molecule has 1 atom stereocenters. The first-order valence-electron chi connectivity index (χ1n) is 4.23. The van der Waals surface area contributed by atoms with Gasteiger partial charge in [0.2, 0.25) is 0 Å². The van der Waals surface area contributed by atoms with Crippen LogP contribution in [0, 0.1) is 0 Å². The van der Waals surface area contributed by atoms with Gasteiger partial charge in [0.1, 0.15) is 0 Å². The van der Waals surface area contributed by atoms with Gasteiger partial charge in [-0.05, 0) is 13.3 Å². The highest BCUT2D eigenvalue weighted by Crippen LogP contribution is 2.32. The molecule has 0 aliphatic carbocycles. The molecule has 12 heavy (non-hydrogen) atoms. The Morgan fingerprint density at radius 3 is 2.50 bits per heavy atom. The molecule has 0 aromatic heterocycles. The number of hydrogen-bond acceptors (Lipinski definition) is 2. The average Bonchev–Trinajstić information content (AvgIpc) is 1.84. The van der Waals surface area contributed by atoms with E-state index in [0.29, 0.717) is 12.6 Å². The van der Waals surface area contributed by atoms with Crippen molar-refractivity contribution in [1.82, 2.24) is 5.32 Å². The first kappa shape index (κ1) is 12.1. The van der Waals surface area contributed by atoms with E-state index in [9.17, 15) is 4.57 Å². The van der Waals surface area contributed by atoms with E-state index in [1.165, 1.54) is 0 Å². The maximum Gasteiger partial charge on any atom is 0.326 e. The highest BCUT2D eigenvalue weighted by molar-refractivity contribution is 7.51. The Morgan fingerprint density at radius 1 is 1.50 bits per heavy atom. The summed E-state index contributed by atoms with van der Waals surface area (Å²) >= 11 is 0. The van der Waals surface area contributed by atoms with E-state index in [-0.39, 0.29) is 6.16 Å². The molecule has 0 aliphatic heterocycles. The summed E-state index contributed by atoms with van der Waals surface area (Å²) in [5.74, 6) is 0. The van der Waals surface area contributed by atoms with Crippen molar-refractivity contribution in [3.05, 3.63) is 0 Å². The Morgan fingerprint density at radius 2 is 2.08 bits per heavy atom. The van der Waals surface area contributed by atoms with Gasteiger partial charge in [-0.1, -0.05) is 13.3 Å². The van der Waals surface area contributed by atoms with Gasteiger partial charge in [0.15, 0.2) is 0 Å². The summed E-state index contributed by atoms with van der Waals surface area (Å²) in [5, 5.41) is 3.05. The van der Waals surface area contributed by atoms with Crippen LogP contribution in [0.4, 0.5) is 0 Å². The second-order valence-corrected chi connectivity index (χ2v) is 4.81. The predicted octanol–water partition coefficient (Wildman–Crippen LogP) is 0.942. The third-order valence-electron chi connectivity index (χ3n) is 1.62. The molecule has 5 heteroatoms. The molecule has 1 unspecified atom stereocenters. The zero-order valence-corrected chi connectivity index (χ0v) is 8.55. The van der Waals surface area contributed by atoms with Crippen LogP contribution in [-0.4, -0.2) is 28.5 Å². The van der Waals surface area contributed by atoms with Gasteiger partial charge in [-0.2, -0.15) is 0 Å². The number of nitrogens with one attached hydrogen (secondary N) is 1. The zero-order chi connectivity index (χ0) is 9.61. The fraction of sp³-hybridized carbons (Fsp3) is 1.00. The molecule has 0 aliphatic rings. The summed E-state index contributed by atoms with van der Waals surface area (Å²) in [7, 11) is -3.80. The topological polar surface area (TPSA) is 69.6 Å². The molecule has 0 radical (unpaired) electrons. The Labute approximate surface area is 73.5 Å². The third-order valence-corrected chi connectivity index (χ3v) is 2.42. The van der Waals surface area contributed by atoms with Crippen LogP contribution in [0.25, 0.3) is 0 Å². The van der Waals surface area contributed by atoms with Crippen LogP contribution in [0.2, 0.25) is 0 Å². The van der Waals surface area contributed by atoms with Crippen molar-refractivity contribution in [2.45, 2.75) is 32.7 Å². The van der Waals surface area contributed by atoms with E-state index in [4.69, 9.17) is 9.79 Å². The van der Waals surface area contributed by atoms with Crippen molar-refractivity contribution < 1.29 is 14.4 Å². The smallest absolute Gasteiger partial charge is 0.324 e. The monoisotopic (exact) mass is 195 g/mol. The van der Waals surface area contributed by atoms with Crippen molar-refractivity contribution in [3.8, 4) is 0 Å². The lowest BCUT2D eigenvalue weighted by Crippen LogP contribution is -2.28. The van der Waals surface area contributed by atoms with E-state index >= 15 is 0 Å². The summed E-state index contributed by atoms with van der Waals surface area (Å²) in [6, 6.07) is 0.349. The first-order chi connectivity index (χ1) is 5.45. The normalized spacial score (nSPS) is 14.7. The molecule has 0 rings (SSSR count). The zero-order valence-electron chi connectivity index (χ0n) is 7.66. The summed E-state index contributed by atoms with van der Waals surface area (Å²) in [6.07, 6.45) is 2.06. The van der Waals surface area contributed by atoms with Crippen molar-refractivity contribution in [1.29, 1.82) is 0 Å². The molecule has 4 nitrogen and oxygen atoms in total. The minimum absolute atomic E-state index is 0.0684. The third kappa shape index (κ3) is 8.21. The molecular formula is C7H18NO3P. The lowest BCUT2D eigenvalue weighted by molar-refractivity contribution is 0.370. The molecule has 0 amide bonds. The van der Waals surface area contributed by atoms with E-state index < -0.39 is 7.60 Å². The number of hydrogen-bond donors (Lipinski definition) is 3. The van der Waals surface area contributed by atoms with Crippen molar-refractivity contribution >= 4 is 7.60 Å². The van der Waals surface area contributed by atoms with E-state index in [1.807, 2.05) is 6.92 Å². The second kappa shape index (κ2) is 5.70. The van der Waals surface area contributed by atoms with Crippen LogP contribution < -0.4 is 5.32 Å². The standard InChI is InChI=1S/C7H18NO3P/c1-3-4-7(2)8-5-6-12(9,10)11/h7-8H,3-6H2,1-2H3,(H2,9,10,11). The molecule has 0 fully saturated rings. The highest BCUT2D eigenvalue weighted by atomic mass is 31.2. The molecule has 0 bridgehead atoms. The van der Waals surface area contributed by atoms with Gasteiger partial charge in [-0.25, -0.2) is 0 Å². The van der Waals surface area contributed by atoms with Crippen molar-refractivity contribution in [2.75, 3.05) is 12.7 Å². The van der Waals surface area contributed by atoms with Crippen molar-refractivity contribution in [2.24, 2.45) is 0 Å². The van der Waals surface area contributed by atoms with Gasteiger partial charge in [0, 0.05) is 12.6 Å². The Kier molecular flexibility index (Phi) is 5.76. The van der Waals surface area contributed by atoms with Gasteiger partial charge in [0.05, 0.1) is 6.16 Å². The van der Waals surface area contributed by atoms with Crippen LogP contribution in [-0.2, 0) is 4.57 Å². The molecule has 0 spiro atoms. The predicted molar refractivity (Wildman–Crippen MR) is 49.3 cm³/mol. The molecule has 0 heterocycles. The Bertz CT molecular complexity index is 157. The maximum atomic E-state index is 10.4. The van der Waals surface area contributed by atoms with Gasteiger partial charge < -0.3 is 15.1 Å². The SMILES string of the molecule is CCCC(C)NCCP(=O)(O)O. The van der Waals surface area contributed by atoms with Crippen LogP contribution in [0.1, 0.15) is 26.7 Å². The fourth-order valence-corrected chi connectivity index (χ4v) is 1.41. The summed E-state index contributed by atoms with van der Waals surface area (Å²) in [4.78, 5) is 17.1. The van der Waals surface area contributed by atoms with E-state index in [0.717, 1.165) is 12.8 Å². The van der Waals surface area contributed by atoms with Crippen LogP contribution >= 0.6 is 7.60 Å². The molecule has 0 aromatic rings. The second-order valence-electron chi connectivity index (χ2n) is 3.03. The van der Waals surface area contributed by atoms with E-state index in [2.05, 4.69) is 12.2 Å². The van der Waals surface area contributed by atoms with Crippen LogP contribution in [0.5, 0.6) is 0 Å². The first-order valence-corrected chi connectivity index (χ1v) is 6.03. The largest absolute Gasteiger partial charge is 0.326 e. The van der Waals surface area contributed by atoms with Crippen LogP contribution in [0.15, 0.2) is 0 Å². The van der Waals surface area contributed by atoms with Gasteiger partial charge in [-0.15, -0.1) is 0 Å². The summed E-state index contributed by atoms with van der Waals surface area (Å²) in [5.41, 5.74) is 0. The van der Waals surface area contributed by atoms with Crippen molar-refractivity contribution in [3.63, 3.8) is 0 Å². The summed E-state index contributed by atoms with van der Waals surface area (Å²) in [6.45, 7) is 4.50. The number of rotatable bonds is 6. The molecule has 0 saturated carbocycles. The quantitative estimate of drug-likeness (QED) is 0.552. The summed E-state index contributed by atoms with van der Waals surface area (Å²) < 4.78 is 10.4. The Hall–Kier alpha value is 0.110. The lowest BCUT2D eigenvalue weighted by Gasteiger charge is -2.12. The fourth-order valence-electron chi connectivity index (χ4n) is 0.992. The van der Waals surface area contributed by atoms with Gasteiger partial charge in [0.25, 0.3) is 0 Å².